The summed E-state index contributed by atoms with van der Waals surface area (Å²) in [7, 11) is 0. The fourth-order valence-electron chi connectivity index (χ4n) is 1.01. The van der Waals surface area contributed by atoms with Crippen LogP contribution < -0.4 is 10.5 Å². The van der Waals surface area contributed by atoms with E-state index >= 15 is 0 Å². The van der Waals surface area contributed by atoms with Gasteiger partial charge in [-0.25, -0.2) is 0 Å². The van der Waals surface area contributed by atoms with Gasteiger partial charge in [-0.1, -0.05) is 0 Å². The van der Waals surface area contributed by atoms with Crippen LogP contribution in [0.1, 0.15) is 5.56 Å². The Morgan fingerprint density at radius 3 is 2.53 bits per heavy atom. The van der Waals surface area contributed by atoms with E-state index in [0.717, 1.165) is 3.57 Å². The van der Waals surface area contributed by atoms with Crippen molar-refractivity contribution in [2.45, 2.75) is 12.7 Å². The molecule has 0 unspecified atom stereocenters. The third-order valence-electron chi connectivity index (χ3n) is 1.63. The predicted octanol–water partition coefficient (Wildman–Crippen LogP) is 2.69. The van der Waals surface area contributed by atoms with E-state index in [1.807, 2.05) is 0 Å². The summed E-state index contributed by atoms with van der Waals surface area (Å²) in [6.45, 7) is -1.13. The monoisotopic (exact) mass is 331 g/mol. The second kappa shape index (κ2) is 5.02. The first-order chi connectivity index (χ1) is 6.92. The van der Waals surface area contributed by atoms with E-state index in [-0.39, 0.29) is 12.3 Å². The van der Waals surface area contributed by atoms with Gasteiger partial charge < -0.3 is 10.5 Å². The van der Waals surface area contributed by atoms with E-state index in [1.165, 1.54) is 6.07 Å². The lowest BCUT2D eigenvalue weighted by Crippen LogP contribution is -2.20. The molecule has 0 aromatic heterocycles. The highest BCUT2D eigenvalue weighted by Crippen LogP contribution is 2.23. The largest absolute Gasteiger partial charge is 0.484 e. The minimum Gasteiger partial charge on any atom is -0.484 e. The molecule has 0 atom stereocenters. The van der Waals surface area contributed by atoms with Crippen LogP contribution in [0.15, 0.2) is 18.2 Å². The van der Waals surface area contributed by atoms with Crippen molar-refractivity contribution in [1.29, 1.82) is 0 Å². The molecule has 2 nitrogen and oxygen atoms in total. The Morgan fingerprint density at radius 2 is 2.00 bits per heavy atom. The van der Waals surface area contributed by atoms with Crippen LogP contribution in [0.25, 0.3) is 0 Å². The molecule has 15 heavy (non-hydrogen) atoms. The van der Waals surface area contributed by atoms with Gasteiger partial charge in [0.1, 0.15) is 5.75 Å². The van der Waals surface area contributed by atoms with Gasteiger partial charge in [0.15, 0.2) is 6.61 Å². The molecule has 0 aliphatic rings. The third-order valence-corrected chi connectivity index (χ3v) is 2.30. The Hall–Kier alpha value is -0.500. The summed E-state index contributed by atoms with van der Waals surface area (Å²) in [6, 6.07) is 4.87. The molecule has 0 aliphatic heterocycles. The van der Waals surface area contributed by atoms with Crippen molar-refractivity contribution in [3.8, 4) is 5.75 Å². The Labute approximate surface area is 98.7 Å². The van der Waals surface area contributed by atoms with Crippen LogP contribution in [-0.2, 0) is 6.54 Å². The summed E-state index contributed by atoms with van der Waals surface area (Å²) in [5.41, 5.74) is 5.97. The second-order valence-corrected chi connectivity index (χ2v) is 4.11. The molecule has 6 heteroatoms. The van der Waals surface area contributed by atoms with Crippen LogP contribution in [-0.4, -0.2) is 12.8 Å². The molecule has 0 radical (unpaired) electrons. The Kier molecular flexibility index (Phi) is 4.21. The van der Waals surface area contributed by atoms with E-state index in [9.17, 15) is 13.2 Å². The van der Waals surface area contributed by atoms with Crippen molar-refractivity contribution in [1.82, 2.24) is 0 Å². The molecule has 2 N–H and O–H groups in total. The highest BCUT2D eigenvalue weighted by molar-refractivity contribution is 14.1. The first-order valence-corrected chi connectivity index (χ1v) is 5.18. The van der Waals surface area contributed by atoms with Gasteiger partial charge >= 0.3 is 6.18 Å². The van der Waals surface area contributed by atoms with Gasteiger partial charge in [0.05, 0.1) is 0 Å². The molecule has 0 amide bonds. The van der Waals surface area contributed by atoms with E-state index < -0.39 is 12.8 Å². The lowest BCUT2D eigenvalue weighted by molar-refractivity contribution is -0.153. The van der Waals surface area contributed by atoms with Gasteiger partial charge in [-0.05, 0) is 40.8 Å². The number of nitrogens with two attached hydrogens (primary N) is 1. The smallest absolute Gasteiger partial charge is 0.422 e. The summed E-state index contributed by atoms with van der Waals surface area (Å²) in [5, 5.41) is 0. The maximum absolute atomic E-state index is 11.9. The highest BCUT2D eigenvalue weighted by atomic mass is 127. The van der Waals surface area contributed by atoms with E-state index in [2.05, 4.69) is 27.3 Å². The van der Waals surface area contributed by atoms with Crippen LogP contribution in [0.2, 0.25) is 0 Å². The van der Waals surface area contributed by atoms with Crippen LogP contribution in [0.4, 0.5) is 13.2 Å². The number of hydrogen-bond acceptors (Lipinski definition) is 2. The third kappa shape index (κ3) is 4.25. The van der Waals surface area contributed by atoms with Crippen molar-refractivity contribution >= 4 is 22.6 Å². The average Bonchev–Trinajstić information content (AvgIpc) is 2.14. The zero-order valence-electron chi connectivity index (χ0n) is 7.64. The molecule has 0 saturated carbocycles. The van der Waals surface area contributed by atoms with Crippen molar-refractivity contribution in [2.75, 3.05) is 6.61 Å². The second-order valence-electron chi connectivity index (χ2n) is 2.86. The number of hydrogen-bond donors (Lipinski definition) is 1. The number of rotatable bonds is 3. The first kappa shape index (κ1) is 12.6. The van der Waals surface area contributed by atoms with Crippen molar-refractivity contribution < 1.29 is 17.9 Å². The van der Waals surface area contributed by atoms with Gasteiger partial charge in [-0.2, -0.15) is 13.2 Å². The summed E-state index contributed by atoms with van der Waals surface area (Å²) in [6.07, 6.45) is -4.32. The summed E-state index contributed by atoms with van der Waals surface area (Å²) in [5.74, 6) is 0.190. The van der Waals surface area contributed by atoms with E-state index in [4.69, 9.17) is 5.73 Å². The fraction of sp³-hybridized carbons (Fsp3) is 0.333. The molecule has 1 aromatic carbocycles. The van der Waals surface area contributed by atoms with Crippen molar-refractivity contribution in [2.24, 2.45) is 5.73 Å². The predicted molar refractivity (Wildman–Crippen MR) is 58.6 cm³/mol. The van der Waals surface area contributed by atoms with Crippen molar-refractivity contribution in [3.63, 3.8) is 0 Å². The van der Waals surface area contributed by atoms with Crippen LogP contribution in [0, 0.1) is 3.57 Å². The quantitative estimate of drug-likeness (QED) is 0.865. The molecule has 0 spiro atoms. The Bertz CT molecular complexity index is 341. The zero-order chi connectivity index (χ0) is 11.5. The molecule has 0 saturated heterocycles. The lowest BCUT2D eigenvalue weighted by atomic mass is 10.2. The maximum Gasteiger partial charge on any atom is 0.422 e. The maximum atomic E-state index is 11.9. The molecule has 1 aromatic rings. The van der Waals surface area contributed by atoms with Crippen molar-refractivity contribution in [3.05, 3.63) is 27.3 Å². The molecule has 1 rings (SSSR count). The molecule has 84 valence electrons. The SMILES string of the molecule is NCc1cc(I)ccc1OCC(F)(F)F. The Balaban J connectivity index is 2.76. The van der Waals surface area contributed by atoms with Gasteiger partial charge in [-0.3, -0.25) is 0 Å². The summed E-state index contributed by atoms with van der Waals surface area (Å²) < 4.78 is 41.2. The molecular formula is C9H9F3INO. The minimum atomic E-state index is -4.32. The van der Waals surface area contributed by atoms with Gasteiger partial charge in [-0.15, -0.1) is 0 Å². The number of benzene rings is 1. The van der Waals surface area contributed by atoms with E-state index in [1.54, 1.807) is 12.1 Å². The topological polar surface area (TPSA) is 35.2 Å². The standard InChI is InChI=1S/C9H9F3INO/c10-9(11,12)5-15-8-2-1-7(13)3-6(8)4-14/h1-3H,4-5,14H2. The van der Waals surface area contributed by atoms with Crippen LogP contribution in [0.3, 0.4) is 0 Å². The molecule has 0 bridgehead atoms. The number of ether oxygens (including phenoxy) is 1. The first-order valence-electron chi connectivity index (χ1n) is 4.10. The summed E-state index contributed by atoms with van der Waals surface area (Å²) >= 11 is 2.06. The van der Waals surface area contributed by atoms with Gasteiger partial charge in [0.25, 0.3) is 0 Å². The highest BCUT2D eigenvalue weighted by Gasteiger charge is 2.28. The summed E-state index contributed by atoms with van der Waals surface area (Å²) in [4.78, 5) is 0. The molecule has 0 fully saturated rings. The fourth-order valence-corrected chi connectivity index (χ4v) is 1.56. The zero-order valence-corrected chi connectivity index (χ0v) is 9.80. The van der Waals surface area contributed by atoms with Crippen LogP contribution >= 0.6 is 22.6 Å². The molecular weight excluding hydrogens is 322 g/mol. The van der Waals surface area contributed by atoms with Crippen LogP contribution in [0.5, 0.6) is 5.75 Å². The lowest BCUT2D eigenvalue weighted by Gasteiger charge is -2.12. The molecule has 0 aliphatic carbocycles. The van der Waals surface area contributed by atoms with Gasteiger partial charge in [0.2, 0.25) is 0 Å². The van der Waals surface area contributed by atoms with Gasteiger partial charge in [0, 0.05) is 15.7 Å². The average molecular weight is 331 g/mol. The minimum absolute atomic E-state index is 0.157. The van der Waals surface area contributed by atoms with E-state index in [0.29, 0.717) is 5.56 Å². The number of halogens is 4. The Morgan fingerprint density at radius 1 is 1.33 bits per heavy atom. The normalized spacial score (nSPS) is 11.5. The molecule has 0 heterocycles. The number of alkyl halides is 3.